The summed E-state index contributed by atoms with van der Waals surface area (Å²) in [5, 5.41) is 15.0. The summed E-state index contributed by atoms with van der Waals surface area (Å²) >= 11 is 0. The van der Waals surface area contributed by atoms with Crippen molar-refractivity contribution in [2.24, 2.45) is 17.6 Å². The molecule has 5 N–H and O–H groups in total. The van der Waals surface area contributed by atoms with Gasteiger partial charge in [-0.1, -0.05) is 24.3 Å². The summed E-state index contributed by atoms with van der Waals surface area (Å²) in [6.07, 6.45) is 6.48. The van der Waals surface area contributed by atoms with Crippen LogP contribution in [0.2, 0.25) is 0 Å². The molecule has 9 heteroatoms. The summed E-state index contributed by atoms with van der Waals surface area (Å²) in [7, 11) is 0. The van der Waals surface area contributed by atoms with Crippen molar-refractivity contribution >= 4 is 23.5 Å². The third kappa shape index (κ3) is 6.11. The van der Waals surface area contributed by atoms with E-state index in [0.717, 1.165) is 25.7 Å². The van der Waals surface area contributed by atoms with E-state index in [2.05, 4.69) is 20.6 Å². The number of nitrogens with one attached hydrogen (secondary N) is 2. The quantitative estimate of drug-likeness (QED) is 0.381. The van der Waals surface area contributed by atoms with Gasteiger partial charge in [-0.15, -0.1) is 0 Å². The summed E-state index contributed by atoms with van der Waals surface area (Å²) < 4.78 is 0. The molecular formula is C27H29N5O4. The molecule has 1 heterocycles. The fourth-order valence-corrected chi connectivity index (χ4v) is 4.47. The van der Waals surface area contributed by atoms with Crippen molar-refractivity contribution in [3.05, 3.63) is 78.1 Å². The molecule has 1 saturated carbocycles. The number of nitrogens with two attached hydrogens (primary N) is 1. The highest BCUT2D eigenvalue weighted by Crippen LogP contribution is 2.29. The molecule has 1 unspecified atom stereocenters. The van der Waals surface area contributed by atoms with Crippen LogP contribution in [0.5, 0.6) is 0 Å². The van der Waals surface area contributed by atoms with Gasteiger partial charge >= 0.3 is 5.97 Å². The fourth-order valence-electron chi connectivity index (χ4n) is 4.47. The van der Waals surface area contributed by atoms with Crippen LogP contribution < -0.4 is 16.4 Å². The Morgan fingerprint density at radius 3 is 2.39 bits per heavy atom. The number of amides is 2. The Balaban J connectivity index is 1.60. The molecule has 4 rings (SSSR count). The Bertz CT molecular complexity index is 1230. The number of rotatable bonds is 8. The molecular weight excluding hydrogens is 458 g/mol. The summed E-state index contributed by atoms with van der Waals surface area (Å²) in [6, 6.07) is 13.8. The van der Waals surface area contributed by atoms with Crippen LogP contribution in [0.15, 0.2) is 67.0 Å². The number of carboxylic acids is 1. The first kappa shape index (κ1) is 25.0. The number of aromatic carboxylic acids is 1. The Hall–Kier alpha value is -4.11. The minimum Gasteiger partial charge on any atom is -0.478 e. The Morgan fingerprint density at radius 2 is 1.69 bits per heavy atom. The normalized spacial score (nSPS) is 18.1. The van der Waals surface area contributed by atoms with Gasteiger partial charge < -0.3 is 21.5 Å². The first-order valence-electron chi connectivity index (χ1n) is 12.0. The van der Waals surface area contributed by atoms with E-state index in [0.29, 0.717) is 35.1 Å². The minimum atomic E-state index is -1.10. The molecule has 3 aromatic rings. The molecule has 1 aromatic heterocycles. The molecule has 9 nitrogen and oxygen atoms in total. The highest BCUT2D eigenvalue weighted by atomic mass is 16.4. The average molecular weight is 488 g/mol. The molecule has 0 saturated heterocycles. The Morgan fingerprint density at radius 1 is 0.972 bits per heavy atom. The van der Waals surface area contributed by atoms with Gasteiger partial charge in [-0.25, -0.2) is 14.8 Å². The van der Waals surface area contributed by atoms with Gasteiger partial charge in [0.05, 0.1) is 5.56 Å². The number of benzene rings is 2. The van der Waals surface area contributed by atoms with Gasteiger partial charge in [0.15, 0.2) is 5.82 Å². The molecule has 2 aromatic carbocycles. The maximum Gasteiger partial charge on any atom is 0.335 e. The van der Waals surface area contributed by atoms with Crippen LogP contribution in [-0.2, 0) is 9.59 Å². The number of aromatic nitrogens is 2. The predicted octanol–water partition coefficient (Wildman–Crippen LogP) is 3.40. The maximum absolute atomic E-state index is 13.4. The second kappa shape index (κ2) is 11.5. The van der Waals surface area contributed by atoms with Crippen LogP contribution in [0, 0.1) is 11.8 Å². The zero-order chi connectivity index (χ0) is 25.5. The fraction of sp³-hybridized carbons (Fsp3) is 0.296. The number of nitrogens with zero attached hydrogens (tertiary/aromatic N) is 2. The SMILES string of the molecule is NCC1CCC(C(=O)NC(C(=O)Nc2cccc(C(=O)O)c2)c2cccc(-c3ncccn3)c2)CC1. The zero-order valence-electron chi connectivity index (χ0n) is 19.8. The van der Waals surface area contributed by atoms with Crippen molar-refractivity contribution in [1.82, 2.24) is 15.3 Å². The lowest BCUT2D eigenvalue weighted by Crippen LogP contribution is -2.41. The molecule has 0 bridgehead atoms. The standard InChI is InChI=1S/C27H29N5O4/c28-16-17-8-10-18(11-9-17)25(33)32-23(26(34)31-22-7-2-6-21(15-22)27(35)36)19-4-1-5-20(14-19)24-29-12-3-13-30-24/h1-7,12-15,17-18,23H,8-11,16,28H2,(H,31,34)(H,32,33)(H,35,36). The third-order valence-electron chi connectivity index (χ3n) is 6.52. The average Bonchev–Trinajstić information content (AvgIpc) is 2.92. The predicted molar refractivity (Wildman–Crippen MR) is 135 cm³/mol. The van der Waals surface area contributed by atoms with Crippen molar-refractivity contribution in [2.45, 2.75) is 31.7 Å². The van der Waals surface area contributed by atoms with Crippen molar-refractivity contribution in [3.63, 3.8) is 0 Å². The summed E-state index contributed by atoms with van der Waals surface area (Å²) in [5.74, 6) is -1.03. The molecule has 1 aliphatic carbocycles. The van der Waals surface area contributed by atoms with Crippen molar-refractivity contribution in [3.8, 4) is 11.4 Å². The highest BCUT2D eigenvalue weighted by Gasteiger charge is 2.30. The van der Waals surface area contributed by atoms with E-state index < -0.39 is 17.9 Å². The zero-order valence-corrected chi connectivity index (χ0v) is 19.8. The van der Waals surface area contributed by atoms with Crippen LogP contribution in [0.1, 0.15) is 47.6 Å². The molecule has 36 heavy (non-hydrogen) atoms. The lowest BCUT2D eigenvalue weighted by atomic mass is 9.81. The molecule has 1 fully saturated rings. The van der Waals surface area contributed by atoms with Gasteiger partial charge in [-0.3, -0.25) is 9.59 Å². The summed E-state index contributed by atoms with van der Waals surface area (Å²) in [6.45, 7) is 0.614. The van der Waals surface area contributed by atoms with Crippen LogP contribution in [0.3, 0.4) is 0 Å². The third-order valence-corrected chi connectivity index (χ3v) is 6.52. The van der Waals surface area contributed by atoms with E-state index in [-0.39, 0.29) is 17.4 Å². The number of carbonyl (C=O) groups is 3. The molecule has 0 aliphatic heterocycles. The molecule has 1 atom stereocenters. The molecule has 1 aliphatic rings. The highest BCUT2D eigenvalue weighted by molar-refractivity contribution is 5.99. The van der Waals surface area contributed by atoms with Gasteiger partial charge in [0, 0.05) is 29.6 Å². The van der Waals surface area contributed by atoms with Gasteiger partial charge in [0.2, 0.25) is 5.91 Å². The number of carbonyl (C=O) groups excluding carboxylic acids is 2. The van der Waals surface area contributed by atoms with E-state index in [1.807, 2.05) is 6.07 Å². The van der Waals surface area contributed by atoms with Gasteiger partial charge in [0.25, 0.3) is 5.91 Å². The second-order valence-corrected chi connectivity index (χ2v) is 8.97. The summed E-state index contributed by atoms with van der Waals surface area (Å²) in [4.78, 5) is 46.5. The maximum atomic E-state index is 13.4. The number of hydrogen-bond donors (Lipinski definition) is 4. The van der Waals surface area contributed by atoms with Gasteiger partial charge in [-0.05, 0) is 74.0 Å². The number of anilines is 1. The lowest BCUT2D eigenvalue weighted by Gasteiger charge is -2.28. The Labute approximate surface area is 209 Å². The number of carboxylic acid groups (broad SMARTS) is 1. The second-order valence-electron chi connectivity index (χ2n) is 8.97. The van der Waals surface area contributed by atoms with E-state index in [9.17, 15) is 19.5 Å². The molecule has 0 radical (unpaired) electrons. The van der Waals surface area contributed by atoms with Crippen LogP contribution >= 0.6 is 0 Å². The number of hydrogen-bond acceptors (Lipinski definition) is 6. The molecule has 0 spiro atoms. The van der Waals surface area contributed by atoms with Crippen LogP contribution in [0.4, 0.5) is 5.69 Å². The van der Waals surface area contributed by atoms with Gasteiger partial charge in [0.1, 0.15) is 6.04 Å². The Kier molecular flexibility index (Phi) is 8.02. The monoisotopic (exact) mass is 487 g/mol. The van der Waals surface area contributed by atoms with Gasteiger partial charge in [-0.2, -0.15) is 0 Å². The van der Waals surface area contributed by atoms with E-state index in [1.54, 1.807) is 48.8 Å². The largest absolute Gasteiger partial charge is 0.478 e. The minimum absolute atomic E-state index is 0.0493. The summed E-state index contributed by atoms with van der Waals surface area (Å²) in [5.41, 5.74) is 7.43. The van der Waals surface area contributed by atoms with E-state index in [4.69, 9.17) is 5.73 Å². The first-order valence-corrected chi connectivity index (χ1v) is 12.0. The van der Waals surface area contributed by atoms with E-state index in [1.165, 1.54) is 12.1 Å². The smallest absolute Gasteiger partial charge is 0.335 e. The van der Waals surface area contributed by atoms with Crippen molar-refractivity contribution < 1.29 is 19.5 Å². The first-order chi connectivity index (χ1) is 17.4. The van der Waals surface area contributed by atoms with Crippen LogP contribution in [-0.4, -0.2) is 39.4 Å². The van der Waals surface area contributed by atoms with Crippen molar-refractivity contribution in [2.75, 3.05) is 11.9 Å². The van der Waals surface area contributed by atoms with E-state index >= 15 is 0 Å². The van der Waals surface area contributed by atoms with Crippen LogP contribution in [0.25, 0.3) is 11.4 Å². The topological polar surface area (TPSA) is 147 Å². The lowest BCUT2D eigenvalue weighted by molar-refractivity contribution is -0.130. The molecule has 2 amide bonds. The molecule has 186 valence electrons. The van der Waals surface area contributed by atoms with Crippen molar-refractivity contribution in [1.29, 1.82) is 0 Å².